The molecule has 0 unspecified atom stereocenters. The number of rotatable bonds is 4. The normalized spacial score (nSPS) is 16.1. The quantitative estimate of drug-likeness (QED) is 0.683. The minimum absolute atomic E-state index is 0.149. The smallest absolute Gasteiger partial charge is 0.272 e. The van der Waals surface area contributed by atoms with Crippen LogP contribution < -0.4 is 5.32 Å². The largest absolute Gasteiger partial charge is 0.348 e. The van der Waals surface area contributed by atoms with Gasteiger partial charge in [0.05, 0.1) is 11.7 Å². The van der Waals surface area contributed by atoms with E-state index in [1.165, 1.54) is 12.3 Å². The highest BCUT2D eigenvalue weighted by Gasteiger charge is 2.25. The number of nitrogens with zero attached hydrogens (tertiary/aromatic N) is 3. The molecule has 158 valence electrons. The summed E-state index contributed by atoms with van der Waals surface area (Å²) in [5, 5.41) is 11.0. The van der Waals surface area contributed by atoms with Crippen LogP contribution in [0.1, 0.15) is 44.1 Å². The van der Waals surface area contributed by atoms with Crippen LogP contribution in [0, 0.1) is 11.2 Å². The van der Waals surface area contributed by atoms with Gasteiger partial charge in [-0.15, -0.1) is 0 Å². The summed E-state index contributed by atoms with van der Waals surface area (Å²) in [4.78, 5) is 19.3. The lowest BCUT2D eigenvalue weighted by atomic mass is 9.94. The summed E-state index contributed by atoms with van der Waals surface area (Å²) in [5.41, 5.74) is 2.87. The molecule has 6 nitrogen and oxygen atoms in total. The topological polar surface area (TPSA) is 73.9 Å². The van der Waals surface area contributed by atoms with E-state index >= 15 is 0 Å². The van der Waals surface area contributed by atoms with Crippen molar-refractivity contribution >= 4 is 16.8 Å². The Labute approximate surface area is 175 Å². The molecular weight excluding hydrogens is 381 g/mol. The number of amides is 1. The first kappa shape index (κ1) is 20.5. The van der Waals surface area contributed by atoms with E-state index in [1.54, 1.807) is 6.20 Å². The van der Waals surface area contributed by atoms with E-state index in [0.717, 1.165) is 48.9 Å². The van der Waals surface area contributed by atoms with E-state index in [-0.39, 0.29) is 17.4 Å². The van der Waals surface area contributed by atoms with Gasteiger partial charge in [-0.2, -0.15) is 5.10 Å². The third kappa shape index (κ3) is 4.67. The van der Waals surface area contributed by atoms with E-state index < -0.39 is 5.82 Å². The Bertz CT molecular complexity index is 1050. The van der Waals surface area contributed by atoms with Crippen LogP contribution in [-0.2, 0) is 0 Å². The van der Waals surface area contributed by atoms with Gasteiger partial charge in [-0.1, -0.05) is 26.8 Å². The molecule has 0 radical (unpaired) electrons. The van der Waals surface area contributed by atoms with Gasteiger partial charge >= 0.3 is 0 Å². The van der Waals surface area contributed by atoms with Crippen molar-refractivity contribution in [3.63, 3.8) is 0 Å². The second-order valence-corrected chi connectivity index (χ2v) is 9.31. The molecule has 0 saturated carbocycles. The van der Waals surface area contributed by atoms with Gasteiger partial charge in [-0.3, -0.25) is 14.9 Å². The number of likely N-dealkylation sites (tertiary alicyclic amines) is 1. The van der Waals surface area contributed by atoms with Crippen LogP contribution in [0.3, 0.4) is 0 Å². The Hall–Kier alpha value is -2.80. The molecule has 2 N–H and O–H groups in total. The predicted octanol–water partition coefficient (Wildman–Crippen LogP) is 4.00. The molecule has 1 aliphatic heterocycles. The van der Waals surface area contributed by atoms with Crippen molar-refractivity contribution in [2.75, 3.05) is 19.6 Å². The van der Waals surface area contributed by atoms with Crippen molar-refractivity contribution in [1.82, 2.24) is 25.4 Å². The number of carbonyl (C=O) groups excluding carboxylic acids is 1. The molecule has 1 aliphatic rings. The Balaban J connectivity index is 1.47. The first-order valence-corrected chi connectivity index (χ1v) is 10.4. The van der Waals surface area contributed by atoms with Crippen LogP contribution in [0.2, 0.25) is 0 Å². The lowest BCUT2D eigenvalue weighted by molar-refractivity contribution is 0.0892. The average Bonchev–Trinajstić information content (AvgIpc) is 3.12. The molecule has 0 aliphatic carbocycles. The summed E-state index contributed by atoms with van der Waals surface area (Å²) < 4.78 is 13.5. The Morgan fingerprint density at radius 3 is 2.67 bits per heavy atom. The molecule has 2 aromatic heterocycles. The lowest BCUT2D eigenvalue weighted by Crippen LogP contribution is -2.46. The zero-order valence-corrected chi connectivity index (χ0v) is 17.7. The summed E-state index contributed by atoms with van der Waals surface area (Å²) in [5.74, 6) is -0.569. The van der Waals surface area contributed by atoms with Gasteiger partial charge in [-0.05, 0) is 42.0 Å². The fourth-order valence-electron chi connectivity index (χ4n) is 4.10. The molecule has 7 heteroatoms. The predicted molar refractivity (Wildman–Crippen MR) is 116 cm³/mol. The third-order valence-corrected chi connectivity index (χ3v) is 5.44. The molecule has 1 saturated heterocycles. The van der Waals surface area contributed by atoms with Crippen molar-refractivity contribution in [3.05, 3.63) is 48.2 Å². The summed E-state index contributed by atoms with van der Waals surface area (Å²) >= 11 is 0. The highest BCUT2D eigenvalue weighted by Crippen LogP contribution is 2.26. The highest BCUT2D eigenvalue weighted by molar-refractivity contribution is 6.05. The van der Waals surface area contributed by atoms with Crippen LogP contribution >= 0.6 is 0 Å². The van der Waals surface area contributed by atoms with Crippen molar-refractivity contribution in [2.45, 2.75) is 39.7 Å². The third-order valence-electron chi connectivity index (χ3n) is 5.44. The second-order valence-electron chi connectivity index (χ2n) is 9.31. The number of halogens is 1. The lowest BCUT2D eigenvalue weighted by Gasteiger charge is -2.36. The molecule has 1 aromatic carbocycles. The number of nitrogens with one attached hydrogen (secondary N) is 2. The number of piperidine rings is 1. The molecule has 0 bridgehead atoms. The number of fused-ring (bicyclic) bond motifs is 1. The Morgan fingerprint density at radius 1 is 1.20 bits per heavy atom. The van der Waals surface area contributed by atoms with Crippen LogP contribution in [0.4, 0.5) is 4.39 Å². The Kier molecular flexibility index (Phi) is 5.56. The van der Waals surface area contributed by atoms with Gasteiger partial charge in [0.25, 0.3) is 5.91 Å². The number of pyridine rings is 1. The number of hydrogen-bond donors (Lipinski definition) is 2. The van der Waals surface area contributed by atoms with Crippen LogP contribution in [0.15, 0.2) is 36.7 Å². The number of H-pyrrole nitrogens is 1. The molecule has 1 amide bonds. The van der Waals surface area contributed by atoms with Crippen LogP contribution in [0.5, 0.6) is 0 Å². The molecule has 30 heavy (non-hydrogen) atoms. The number of carbonyl (C=O) groups is 1. The summed E-state index contributed by atoms with van der Waals surface area (Å²) in [6.07, 6.45) is 4.65. The summed E-state index contributed by atoms with van der Waals surface area (Å²) in [6.45, 7) is 9.78. The molecular formula is C23H28FN5O. The first-order chi connectivity index (χ1) is 14.3. The molecule has 3 heterocycles. The highest BCUT2D eigenvalue weighted by atomic mass is 19.1. The fourth-order valence-corrected chi connectivity index (χ4v) is 4.10. The zero-order chi connectivity index (χ0) is 21.3. The monoisotopic (exact) mass is 409 g/mol. The minimum atomic E-state index is -0.393. The zero-order valence-electron chi connectivity index (χ0n) is 17.7. The maximum Gasteiger partial charge on any atom is 0.272 e. The standard InChI is InChI=1S/C23H28FN5O/c1-23(2,3)14-29-8-6-18(7-9-29)26-22(30)21-19-11-15(4-5-20(19)27-28-21)16-10-17(24)13-25-12-16/h4-5,10-13,18H,6-9,14H2,1-3H3,(H,26,30)(H,27,28). The van der Waals surface area contributed by atoms with Gasteiger partial charge in [0, 0.05) is 42.8 Å². The minimum Gasteiger partial charge on any atom is -0.348 e. The number of aromatic nitrogens is 3. The molecule has 0 atom stereocenters. The summed E-state index contributed by atoms with van der Waals surface area (Å²) in [6, 6.07) is 7.15. The van der Waals surface area contributed by atoms with Gasteiger partial charge in [0.1, 0.15) is 5.82 Å². The maximum atomic E-state index is 13.5. The molecule has 1 fully saturated rings. The number of benzene rings is 1. The fraction of sp³-hybridized carbons (Fsp3) is 0.435. The second kappa shape index (κ2) is 8.14. The van der Waals surface area contributed by atoms with Crippen molar-refractivity contribution in [2.24, 2.45) is 5.41 Å². The van der Waals surface area contributed by atoms with E-state index in [9.17, 15) is 9.18 Å². The van der Waals surface area contributed by atoms with E-state index in [0.29, 0.717) is 11.3 Å². The van der Waals surface area contributed by atoms with Crippen LogP contribution in [0.25, 0.3) is 22.0 Å². The van der Waals surface area contributed by atoms with E-state index in [2.05, 4.69) is 46.2 Å². The van der Waals surface area contributed by atoms with Gasteiger partial charge in [-0.25, -0.2) is 4.39 Å². The van der Waals surface area contributed by atoms with Gasteiger partial charge in [0.2, 0.25) is 0 Å². The SMILES string of the molecule is CC(C)(C)CN1CCC(NC(=O)c2n[nH]c3ccc(-c4cncc(F)c4)cc23)CC1. The Morgan fingerprint density at radius 2 is 1.97 bits per heavy atom. The number of hydrogen-bond acceptors (Lipinski definition) is 4. The van der Waals surface area contributed by atoms with Crippen molar-refractivity contribution in [3.8, 4) is 11.1 Å². The van der Waals surface area contributed by atoms with Crippen molar-refractivity contribution in [1.29, 1.82) is 0 Å². The molecule has 3 aromatic rings. The van der Waals surface area contributed by atoms with Gasteiger partial charge < -0.3 is 10.2 Å². The van der Waals surface area contributed by atoms with E-state index in [1.807, 2.05) is 18.2 Å². The first-order valence-electron chi connectivity index (χ1n) is 10.4. The van der Waals surface area contributed by atoms with Crippen molar-refractivity contribution < 1.29 is 9.18 Å². The maximum absolute atomic E-state index is 13.5. The van der Waals surface area contributed by atoms with Crippen LogP contribution in [-0.4, -0.2) is 51.7 Å². The molecule has 0 spiro atoms. The molecule has 4 rings (SSSR count). The average molecular weight is 410 g/mol. The summed E-state index contributed by atoms with van der Waals surface area (Å²) in [7, 11) is 0. The van der Waals surface area contributed by atoms with E-state index in [4.69, 9.17) is 0 Å². The number of aromatic amines is 1. The van der Waals surface area contributed by atoms with Gasteiger partial charge in [0.15, 0.2) is 5.69 Å².